The molecule has 1 aliphatic rings. The van der Waals surface area contributed by atoms with Crippen molar-refractivity contribution in [2.75, 3.05) is 23.3 Å². The van der Waals surface area contributed by atoms with E-state index in [4.69, 9.17) is 23.2 Å². The number of anilines is 2. The molecular formula is C18H19Cl2N3O. The molecule has 126 valence electrons. The molecule has 1 aromatic carbocycles. The van der Waals surface area contributed by atoms with E-state index in [-0.39, 0.29) is 5.91 Å². The maximum Gasteiger partial charge on any atom is 0.257 e. The highest BCUT2D eigenvalue weighted by Crippen LogP contribution is 2.24. The number of nitrogens with one attached hydrogen (secondary N) is 1. The van der Waals surface area contributed by atoms with Gasteiger partial charge in [-0.05, 0) is 49.1 Å². The van der Waals surface area contributed by atoms with Crippen molar-refractivity contribution in [3.63, 3.8) is 0 Å². The van der Waals surface area contributed by atoms with Crippen LogP contribution in [0.15, 0.2) is 36.5 Å². The summed E-state index contributed by atoms with van der Waals surface area (Å²) in [6.45, 7) is 4.29. The van der Waals surface area contributed by atoms with Gasteiger partial charge >= 0.3 is 0 Å². The van der Waals surface area contributed by atoms with Crippen molar-refractivity contribution in [3.05, 3.63) is 52.1 Å². The zero-order valence-corrected chi connectivity index (χ0v) is 14.9. The molecular weight excluding hydrogens is 345 g/mol. The molecule has 1 amide bonds. The minimum Gasteiger partial charge on any atom is -0.356 e. The monoisotopic (exact) mass is 363 g/mol. The van der Waals surface area contributed by atoms with E-state index in [2.05, 4.69) is 22.1 Å². The molecule has 4 nitrogen and oxygen atoms in total. The highest BCUT2D eigenvalue weighted by atomic mass is 35.5. The lowest BCUT2D eigenvalue weighted by Crippen LogP contribution is -2.34. The lowest BCUT2D eigenvalue weighted by Gasteiger charge is -2.31. The SMILES string of the molecule is CC1CCCN(c2ccc(C(=O)Nc3cc(Cl)cc(Cl)c3)cn2)C1. The largest absolute Gasteiger partial charge is 0.356 e. The van der Waals surface area contributed by atoms with Crippen LogP contribution in [0.25, 0.3) is 0 Å². The summed E-state index contributed by atoms with van der Waals surface area (Å²) < 4.78 is 0. The first-order valence-corrected chi connectivity index (χ1v) is 8.75. The van der Waals surface area contributed by atoms with Gasteiger partial charge in [0, 0.05) is 35.0 Å². The van der Waals surface area contributed by atoms with E-state index < -0.39 is 0 Å². The van der Waals surface area contributed by atoms with Crippen LogP contribution in [0.5, 0.6) is 0 Å². The second-order valence-corrected chi connectivity index (χ2v) is 7.08. The van der Waals surface area contributed by atoms with Crippen LogP contribution in [0.1, 0.15) is 30.1 Å². The van der Waals surface area contributed by atoms with Gasteiger partial charge < -0.3 is 10.2 Å². The molecule has 0 radical (unpaired) electrons. The molecule has 24 heavy (non-hydrogen) atoms. The standard InChI is InChI=1S/C18H19Cl2N3O/c1-12-3-2-6-23(11-12)17-5-4-13(10-21-17)18(24)22-16-8-14(19)7-15(20)9-16/h4-5,7-10,12H,2-3,6,11H2,1H3,(H,22,24). The van der Waals surface area contributed by atoms with E-state index in [9.17, 15) is 4.79 Å². The van der Waals surface area contributed by atoms with E-state index in [1.165, 1.54) is 12.8 Å². The number of nitrogens with zero attached hydrogens (tertiary/aromatic N) is 2. The van der Waals surface area contributed by atoms with Crippen LogP contribution in [0.4, 0.5) is 11.5 Å². The topological polar surface area (TPSA) is 45.2 Å². The Morgan fingerprint density at radius 2 is 2.00 bits per heavy atom. The molecule has 1 saturated heterocycles. The van der Waals surface area contributed by atoms with Gasteiger partial charge in [-0.25, -0.2) is 4.98 Å². The van der Waals surface area contributed by atoms with Crippen molar-refractivity contribution in [3.8, 4) is 0 Å². The zero-order valence-electron chi connectivity index (χ0n) is 13.4. The van der Waals surface area contributed by atoms with E-state index in [0.717, 1.165) is 18.9 Å². The van der Waals surface area contributed by atoms with Crippen LogP contribution in [0.3, 0.4) is 0 Å². The third kappa shape index (κ3) is 4.19. The Balaban J connectivity index is 1.69. The summed E-state index contributed by atoms with van der Waals surface area (Å²) in [5.41, 5.74) is 1.06. The molecule has 2 aromatic rings. The summed E-state index contributed by atoms with van der Waals surface area (Å²) in [5.74, 6) is 1.36. The Kier molecular flexibility index (Phi) is 5.27. The number of rotatable bonds is 3. The average Bonchev–Trinajstić information content (AvgIpc) is 2.54. The van der Waals surface area contributed by atoms with Gasteiger partial charge in [-0.15, -0.1) is 0 Å². The predicted molar refractivity (Wildman–Crippen MR) is 99.3 cm³/mol. The molecule has 1 fully saturated rings. The maximum absolute atomic E-state index is 12.3. The molecule has 3 rings (SSSR count). The number of pyridine rings is 1. The van der Waals surface area contributed by atoms with Crippen molar-refractivity contribution < 1.29 is 4.79 Å². The molecule has 6 heteroatoms. The van der Waals surface area contributed by atoms with Crippen molar-refractivity contribution in [2.45, 2.75) is 19.8 Å². The Morgan fingerprint density at radius 1 is 1.25 bits per heavy atom. The van der Waals surface area contributed by atoms with E-state index in [0.29, 0.717) is 27.2 Å². The van der Waals surface area contributed by atoms with Crippen molar-refractivity contribution in [1.82, 2.24) is 4.98 Å². The molecule has 0 aliphatic carbocycles. The number of halogens is 2. The smallest absolute Gasteiger partial charge is 0.257 e. The quantitative estimate of drug-likeness (QED) is 0.845. The van der Waals surface area contributed by atoms with Crippen molar-refractivity contribution in [2.24, 2.45) is 5.92 Å². The van der Waals surface area contributed by atoms with Crippen LogP contribution < -0.4 is 10.2 Å². The van der Waals surface area contributed by atoms with Crippen LogP contribution in [-0.2, 0) is 0 Å². The molecule has 1 atom stereocenters. The maximum atomic E-state index is 12.3. The normalized spacial score (nSPS) is 17.6. The first-order valence-electron chi connectivity index (χ1n) is 8.00. The Bertz CT molecular complexity index is 713. The second kappa shape index (κ2) is 7.41. The summed E-state index contributed by atoms with van der Waals surface area (Å²) in [5, 5.41) is 3.74. The molecule has 1 N–H and O–H groups in total. The van der Waals surface area contributed by atoms with Gasteiger partial charge in [-0.1, -0.05) is 30.1 Å². The van der Waals surface area contributed by atoms with Gasteiger partial charge in [0.25, 0.3) is 5.91 Å². The first kappa shape index (κ1) is 17.1. The number of carbonyl (C=O) groups is 1. The zero-order chi connectivity index (χ0) is 17.1. The molecule has 1 aromatic heterocycles. The first-order chi connectivity index (χ1) is 11.5. The number of amides is 1. The van der Waals surface area contributed by atoms with Crippen LogP contribution in [-0.4, -0.2) is 24.0 Å². The average molecular weight is 364 g/mol. The van der Waals surface area contributed by atoms with Crippen molar-refractivity contribution >= 4 is 40.6 Å². The molecule has 0 bridgehead atoms. The lowest BCUT2D eigenvalue weighted by atomic mass is 10.0. The summed E-state index contributed by atoms with van der Waals surface area (Å²) in [6, 6.07) is 8.63. The minimum absolute atomic E-state index is 0.237. The van der Waals surface area contributed by atoms with Crippen LogP contribution >= 0.6 is 23.2 Å². The van der Waals surface area contributed by atoms with Gasteiger partial charge in [0.1, 0.15) is 5.82 Å². The summed E-state index contributed by atoms with van der Waals surface area (Å²) >= 11 is 11.9. The third-order valence-electron chi connectivity index (χ3n) is 4.11. The number of aromatic nitrogens is 1. The molecule has 0 spiro atoms. The van der Waals surface area contributed by atoms with Gasteiger partial charge in [0.2, 0.25) is 0 Å². The second-order valence-electron chi connectivity index (χ2n) is 6.21. The number of hydrogen-bond acceptors (Lipinski definition) is 3. The van der Waals surface area contributed by atoms with Gasteiger partial charge in [-0.3, -0.25) is 4.79 Å². The lowest BCUT2D eigenvalue weighted by molar-refractivity contribution is 0.102. The molecule has 2 heterocycles. The number of hydrogen-bond donors (Lipinski definition) is 1. The minimum atomic E-state index is -0.237. The Hall–Kier alpha value is -1.78. The highest BCUT2D eigenvalue weighted by molar-refractivity contribution is 6.35. The summed E-state index contributed by atoms with van der Waals surface area (Å²) in [6.07, 6.45) is 4.05. The van der Waals surface area contributed by atoms with Gasteiger partial charge in [0.15, 0.2) is 0 Å². The van der Waals surface area contributed by atoms with E-state index >= 15 is 0 Å². The molecule has 0 saturated carbocycles. The Morgan fingerprint density at radius 3 is 2.62 bits per heavy atom. The summed E-state index contributed by atoms with van der Waals surface area (Å²) in [7, 11) is 0. The predicted octanol–water partition coefficient (Wildman–Crippen LogP) is 4.88. The number of carbonyl (C=O) groups excluding carboxylic acids is 1. The van der Waals surface area contributed by atoms with Gasteiger partial charge in [-0.2, -0.15) is 0 Å². The van der Waals surface area contributed by atoms with Crippen LogP contribution in [0.2, 0.25) is 10.0 Å². The number of piperidine rings is 1. The molecule has 1 aliphatic heterocycles. The van der Waals surface area contributed by atoms with Gasteiger partial charge in [0.05, 0.1) is 5.56 Å². The fourth-order valence-electron chi connectivity index (χ4n) is 2.93. The third-order valence-corrected chi connectivity index (χ3v) is 4.55. The van der Waals surface area contributed by atoms with Crippen LogP contribution in [0, 0.1) is 5.92 Å². The summed E-state index contributed by atoms with van der Waals surface area (Å²) in [4.78, 5) is 19.0. The fraction of sp³-hybridized carbons (Fsp3) is 0.333. The van der Waals surface area contributed by atoms with Crippen molar-refractivity contribution in [1.29, 1.82) is 0 Å². The Labute approximate surface area is 151 Å². The van der Waals surface area contributed by atoms with E-state index in [1.54, 1.807) is 30.5 Å². The molecule has 1 unspecified atom stereocenters. The number of benzene rings is 1. The van der Waals surface area contributed by atoms with E-state index in [1.807, 2.05) is 6.07 Å². The highest BCUT2D eigenvalue weighted by Gasteiger charge is 2.18. The fourth-order valence-corrected chi connectivity index (χ4v) is 3.46.